The fraction of sp³-hybridized carbons (Fsp3) is 0.562. The van der Waals surface area contributed by atoms with Crippen LogP contribution < -0.4 is 10.6 Å². The van der Waals surface area contributed by atoms with Crippen molar-refractivity contribution in [2.24, 2.45) is 11.8 Å². The quantitative estimate of drug-likeness (QED) is 0.815. The van der Waals surface area contributed by atoms with Crippen LogP contribution in [0.25, 0.3) is 0 Å². The van der Waals surface area contributed by atoms with E-state index in [1.807, 2.05) is 24.3 Å². The van der Waals surface area contributed by atoms with Crippen LogP contribution in [0.1, 0.15) is 40.0 Å². The number of rotatable bonds is 6. The zero-order valence-corrected chi connectivity index (χ0v) is 12.1. The summed E-state index contributed by atoms with van der Waals surface area (Å²) in [5.74, 6) is 1.03. The second-order valence-electron chi connectivity index (χ2n) is 5.66. The Morgan fingerprint density at radius 2 is 2.00 bits per heavy atom. The van der Waals surface area contributed by atoms with Crippen LogP contribution in [0.5, 0.6) is 0 Å². The molecule has 3 heteroatoms. The lowest BCUT2D eigenvalue weighted by atomic mass is 10.0. The largest absolute Gasteiger partial charge is 0.382 e. The lowest BCUT2D eigenvalue weighted by Crippen LogP contribution is -2.23. The minimum atomic E-state index is 0.159. The number of hydrogen-bond donors (Lipinski definition) is 2. The van der Waals surface area contributed by atoms with Gasteiger partial charge in [0.2, 0.25) is 5.91 Å². The molecule has 0 radical (unpaired) electrons. The minimum absolute atomic E-state index is 0.159. The molecule has 2 rings (SSSR count). The van der Waals surface area contributed by atoms with Gasteiger partial charge in [0.25, 0.3) is 0 Å². The van der Waals surface area contributed by atoms with Gasteiger partial charge in [-0.1, -0.05) is 26.3 Å². The van der Waals surface area contributed by atoms with Gasteiger partial charge in [0.1, 0.15) is 0 Å². The predicted molar refractivity (Wildman–Crippen MR) is 80.3 cm³/mol. The van der Waals surface area contributed by atoms with E-state index in [9.17, 15) is 4.79 Å². The average molecular weight is 260 g/mol. The first-order valence-corrected chi connectivity index (χ1v) is 7.27. The maximum absolute atomic E-state index is 11.7. The summed E-state index contributed by atoms with van der Waals surface area (Å²) in [5, 5.41) is 6.48. The Hall–Kier alpha value is -1.51. The maximum Gasteiger partial charge on any atom is 0.227 e. The van der Waals surface area contributed by atoms with Crippen LogP contribution in [-0.4, -0.2) is 11.9 Å². The van der Waals surface area contributed by atoms with Gasteiger partial charge in [-0.05, 0) is 43.9 Å². The maximum atomic E-state index is 11.7. The number of nitrogens with one attached hydrogen (secondary N) is 2. The van der Waals surface area contributed by atoms with Crippen molar-refractivity contribution in [2.45, 2.75) is 46.1 Å². The smallest absolute Gasteiger partial charge is 0.227 e. The third-order valence-electron chi connectivity index (χ3n) is 3.97. The average Bonchev–Trinajstić information content (AvgIpc) is 3.22. The molecule has 1 amide bonds. The van der Waals surface area contributed by atoms with Gasteiger partial charge < -0.3 is 10.6 Å². The Morgan fingerprint density at radius 1 is 1.32 bits per heavy atom. The van der Waals surface area contributed by atoms with Crippen molar-refractivity contribution in [2.75, 3.05) is 10.6 Å². The summed E-state index contributed by atoms with van der Waals surface area (Å²) >= 11 is 0. The standard InChI is InChI=1S/C16H24N2O/c1-4-11(2)12(3)17-14-6-5-7-15(10-14)18-16(19)13-8-9-13/h5-7,10-13,17H,4,8-9H2,1-3H3,(H,18,19). The number of carbonyl (C=O) groups is 1. The normalized spacial score (nSPS) is 17.6. The van der Waals surface area contributed by atoms with Crippen LogP contribution in [0.2, 0.25) is 0 Å². The summed E-state index contributed by atoms with van der Waals surface area (Å²) in [6, 6.07) is 8.41. The Kier molecular flexibility index (Phi) is 4.46. The number of hydrogen-bond acceptors (Lipinski definition) is 2. The molecule has 19 heavy (non-hydrogen) atoms. The molecule has 0 aliphatic heterocycles. The molecule has 1 aliphatic carbocycles. The third kappa shape index (κ3) is 3.98. The van der Waals surface area contributed by atoms with Gasteiger partial charge in [0, 0.05) is 23.3 Å². The highest BCUT2D eigenvalue weighted by molar-refractivity contribution is 5.94. The van der Waals surface area contributed by atoms with Crippen LogP contribution in [0.3, 0.4) is 0 Å². The van der Waals surface area contributed by atoms with Crippen molar-refractivity contribution >= 4 is 17.3 Å². The summed E-state index contributed by atoms with van der Waals surface area (Å²) < 4.78 is 0. The zero-order chi connectivity index (χ0) is 13.8. The molecular weight excluding hydrogens is 236 g/mol. The molecule has 0 aromatic heterocycles. The lowest BCUT2D eigenvalue weighted by molar-refractivity contribution is -0.117. The monoisotopic (exact) mass is 260 g/mol. The lowest BCUT2D eigenvalue weighted by Gasteiger charge is -2.21. The first-order chi connectivity index (χ1) is 9.10. The van der Waals surface area contributed by atoms with E-state index in [2.05, 4.69) is 31.4 Å². The van der Waals surface area contributed by atoms with E-state index in [1.165, 1.54) is 0 Å². The number of carbonyl (C=O) groups excluding carboxylic acids is 1. The van der Waals surface area contributed by atoms with Gasteiger partial charge in [0.05, 0.1) is 0 Å². The Labute approximate surface area is 115 Å². The second kappa shape index (κ2) is 6.09. The summed E-state index contributed by atoms with van der Waals surface area (Å²) in [6.45, 7) is 6.65. The number of amides is 1. The van der Waals surface area contributed by atoms with Crippen molar-refractivity contribution in [3.05, 3.63) is 24.3 Å². The van der Waals surface area contributed by atoms with Crippen LogP contribution in [0, 0.1) is 11.8 Å². The van der Waals surface area contributed by atoms with Crippen molar-refractivity contribution in [3.8, 4) is 0 Å². The number of benzene rings is 1. The van der Waals surface area contributed by atoms with E-state index >= 15 is 0 Å². The highest BCUT2D eigenvalue weighted by atomic mass is 16.2. The molecule has 1 aromatic carbocycles. The van der Waals surface area contributed by atoms with Gasteiger partial charge in [0.15, 0.2) is 0 Å². The Bertz CT molecular complexity index is 440. The van der Waals surface area contributed by atoms with Gasteiger partial charge in [-0.15, -0.1) is 0 Å². The highest BCUT2D eigenvalue weighted by Gasteiger charge is 2.29. The molecule has 104 valence electrons. The van der Waals surface area contributed by atoms with Crippen molar-refractivity contribution in [1.82, 2.24) is 0 Å². The van der Waals surface area contributed by atoms with E-state index < -0.39 is 0 Å². The van der Waals surface area contributed by atoms with E-state index in [1.54, 1.807) is 0 Å². The van der Waals surface area contributed by atoms with E-state index in [0.717, 1.165) is 30.6 Å². The molecule has 0 bridgehead atoms. The first kappa shape index (κ1) is 13.9. The Morgan fingerprint density at radius 3 is 2.63 bits per heavy atom. The zero-order valence-electron chi connectivity index (χ0n) is 12.1. The van der Waals surface area contributed by atoms with Gasteiger partial charge >= 0.3 is 0 Å². The van der Waals surface area contributed by atoms with Crippen LogP contribution in [0.4, 0.5) is 11.4 Å². The van der Waals surface area contributed by atoms with Gasteiger partial charge in [-0.2, -0.15) is 0 Å². The molecule has 0 spiro atoms. The molecular formula is C16H24N2O. The fourth-order valence-corrected chi connectivity index (χ4v) is 2.04. The van der Waals surface area contributed by atoms with Crippen LogP contribution in [0.15, 0.2) is 24.3 Å². The first-order valence-electron chi connectivity index (χ1n) is 7.27. The van der Waals surface area contributed by atoms with E-state index in [0.29, 0.717) is 12.0 Å². The summed E-state index contributed by atoms with van der Waals surface area (Å²) in [7, 11) is 0. The summed E-state index contributed by atoms with van der Waals surface area (Å²) in [5.41, 5.74) is 1.96. The second-order valence-corrected chi connectivity index (χ2v) is 5.66. The molecule has 1 aromatic rings. The molecule has 1 aliphatic rings. The van der Waals surface area contributed by atoms with E-state index in [4.69, 9.17) is 0 Å². The fourth-order valence-electron chi connectivity index (χ4n) is 2.04. The van der Waals surface area contributed by atoms with Crippen molar-refractivity contribution in [3.63, 3.8) is 0 Å². The minimum Gasteiger partial charge on any atom is -0.382 e. The molecule has 2 N–H and O–H groups in total. The van der Waals surface area contributed by atoms with Gasteiger partial charge in [-0.25, -0.2) is 0 Å². The summed E-state index contributed by atoms with van der Waals surface area (Å²) in [6.07, 6.45) is 3.23. The third-order valence-corrected chi connectivity index (χ3v) is 3.97. The molecule has 1 saturated carbocycles. The molecule has 2 unspecified atom stereocenters. The Balaban J connectivity index is 1.96. The van der Waals surface area contributed by atoms with Crippen LogP contribution in [-0.2, 0) is 4.79 Å². The van der Waals surface area contributed by atoms with Crippen molar-refractivity contribution < 1.29 is 4.79 Å². The molecule has 3 nitrogen and oxygen atoms in total. The molecule has 2 atom stereocenters. The van der Waals surface area contributed by atoms with Gasteiger partial charge in [-0.3, -0.25) is 4.79 Å². The summed E-state index contributed by atoms with van der Waals surface area (Å²) in [4.78, 5) is 11.7. The van der Waals surface area contributed by atoms with Crippen molar-refractivity contribution in [1.29, 1.82) is 0 Å². The van der Waals surface area contributed by atoms with Crippen LogP contribution >= 0.6 is 0 Å². The number of anilines is 2. The molecule has 0 heterocycles. The van der Waals surface area contributed by atoms with E-state index in [-0.39, 0.29) is 11.8 Å². The molecule has 0 saturated heterocycles. The topological polar surface area (TPSA) is 41.1 Å². The predicted octanol–water partition coefficient (Wildman–Crippen LogP) is 3.88. The highest BCUT2D eigenvalue weighted by Crippen LogP contribution is 2.30. The molecule has 1 fully saturated rings. The SMILES string of the molecule is CCC(C)C(C)Nc1cccc(NC(=O)C2CC2)c1.